The third-order valence-electron chi connectivity index (χ3n) is 4.94. The molecule has 23 heavy (non-hydrogen) atoms. The molecule has 0 amide bonds. The zero-order valence-electron chi connectivity index (χ0n) is 12.7. The van der Waals surface area contributed by atoms with Crippen LogP contribution in [-0.2, 0) is 23.2 Å². The summed E-state index contributed by atoms with van der Waals surface area (Å²) in [4.78, 5) is 14.8. The van der Waals surface area contributed by atoms with E-state index in [9.17, 15) is 0 Å². The highest BCUT2D eigenvalue weighted by molar-refractivity contribution is 6.34. The van der Waals surface area contributed by atoms with Gasteiger partial charge in [0.2, 0.25) is 0 Å². The summed E-state index contributed by atoms with van der Waals surface area (Å²) in [7, 11) is 0. The predicted molar refractivity (Wildman–Crippen MR) is 88.7 cm³/mol. The highest BCUT2D eigenvalue weighted by Crippen LogP contribution is 2.42. The normalized spacial score (nSPS) is 20.6. The first kappa shape index (κ1) is 15.4. The fourth-order valence-electron chi connectivity index (χ4n) is 3.76. The number of hydrogen-bond donors (Lipinski definition) is 1. The van der Waals surface area contributed by atoms with Gasteiger partial charge < -0.3 is 9.72 Å². The molecule has 0 aromatic carbocycles. The van der Waals surface area contributed by atoms with Crippen LogP contribution >= 0.6 is 23.2 Å². The second kappa shape index (κ2) is 6.06. The number of halogens is 2. The third kappa shape index (κ3) is 2.66. The second-order valence-electron chi connectivity index (χ2n) is 6.13. The molecule has 0 radical (unpaired) electrons. The van der Waals surface area contributed by atoms with E-state index in [0.29, 0.717) is 16.6 Å². The molecule has 0 atom stereocenters. The van der Waals surface area contributed by atoms with Gasteiger partial charge in [-0.15, -0.1) is 0 Å². The van der Waals surface area contributed by atoms with Crippen molar-refractivity contribution in [3.05, 3.63) is 45.7 Å². The zero-order valence-corrected chi connectivity index (χ0v) is 14.2. The highest BCUT2D eigenvalue weighted by atomic mass is 35.5. The summed E-state index contributed by atoms with van der Waals surface area (Å²) in [6.45, 7) is 3.16. The largest absolute Gasteiger partial charge is 0.381 e. The number of nitrogens with zero attached hydrogens (tertiary/aromatic N) is 3. The van der Waals surface area contributed by atoms with E-state index in [1.54, 1.807) is 18.6 Å². The van der Waals surface area contributed by atoms with Gasteiger partial charge >= 0.3 is 0 Å². The van der Waals surface area contributed by atoms with Crippen LogP contribution < -0.4 is 0 Å². The minimum absolute atomic E-state index is 0.0868. The van der Waals surface area contributed by atoms with Crippen LogP contribution in [0.1, 0.15) is 29.9 Å². The minimum Gasteiger partial charge on any atom is -0.381 e. The van der Waals surface area contributed by atoms with Crippen LogP contribution in [0.25, 0.3) is 0 Å². The van der Waals surface area contributed by atoms with E-state index in [1.807, 2.05) is 0 Å². The number of H-pyrrole nitrogens is 1. The van der Waals surface area contributed by atoms with E-state index in [0.717, 1.165) is 50.4 Å². The molecule has 5 nitrogen and oxygen atoms in total. The van der Waals surface area contributed by atoms with Gasteiger partial charge in [-0.1, -0.05) is 23.2 Å². The number of rotatable bonds is 2. The van der Waals surface area contributed by atoms with Crippen molar-refractivity contribution in [1.29, 1.82) is 0 Å². The minimum atomic E-state index is -0.0868. The topological polar surface area (TPSA) is 54.0 Å². The van der Waals surface area contributed by atoms with Crippen LogP contribution in [0.4, 0.5) is 0 Å². The van der Waals surface area contributed by atoms with Crippen LogP contribution in [0.5, 0.6) is 0 Å². The van der Waals surface area contributed by atoms with E-state index >= 15 is 0 Å². The zero-order chi connectivity index (χ0) is 15.9. The third-order valence-corrected chi connectivity index (χ3v) is 5.47. The molecule has 0 unspecified atom stereocenters. The van der Waals surface area contributed by atoms with Crippen molar-refractivity contribution in [2.75, 3.05) is 19.8 Å². The van der Waals surface area contributed by atoms with Crippen LogP contribution in [-0.4, -0.2) is 39.6 Å². The first-order valence-corrected chi connectivity index (χ1v) is 8.60. The monoisotopic (exact) mass is 352 g/mol. The predicted octanol–water partition coefficient (Wildman–Crippen LogP) is 3.18. The molecule has 2 aromatic heterocycles. The average molecular weight is 353 g/mol. The fraction of sp³-hybridized carbons (Fsp3) is 0.500. The molecular formula is C16H18Cl2N4O. The molecule has 4 heterocycles. The number of pyridine rings is 1. The Morgan fingerprint density at radius 1 is 1.26 bits per heavy atom. The maximum absolute atomic E-state index is 6.34. The molecule has 2 aliphatic rings. The maximum atomic E-state index is 6.34. The summed E-state index contributed by atoms with van der Waals surface area (Å²) in [5.41, 5.74) is 3.19. The smallest absolute Gasteiger partial charge is 0.0926 e. The van der Waals surface area contributed by atoms with Crippen molar-refractivity contribution in [3.63, 3.8) is 0 Å². The van der Waals surface area contributed by atoms with Crippen molar-refractivity contribution < 1.29 is 4.74 Å². The number of fused-ring (bicyclic) bond motifs is 2. The summed E-state index contributed by atoms with van der Waals surface area (Å²) in [6, 6.07) is 1.76. The number of ether oxygens (including phenoxy) is 1. The van der Waals surface area contributed by atoms with E-state index in [4.69, 9.17) is 27.9 Å². The molecular weight excluding hydrogens is 335 g/mol. The molecule has 7 heteroatoms. The molecule has 0 aliphatic carbocycles. The van der Waals surface area contributed by atoms with Gasteiger partial charge in [0.25, 0.3) is 0 Å². The first-order valence-electron chi connectivity index (χ1n) is 7.84. The van der Waals surface area contributed by atoms with E-state index < -0.39 is 0 Å². The summed E-state index contributed by atoms with van der Waals surface area (Å²) in [5, 5.41) is 1.18. The van der Waals surface area contributed by atoms with E-state index in [-0.39, 0.29) is 5.54 Å². The highest BCUT2D eigenvalue weighted by Gasteiger charge is 2.45. The lowest BCUT2D eigenvalue weighted by Crippen LogP contribution is -2.53. The number of aromatic nitrogens is 3. The fourth-order valence-corrected chi connectivity index (χ4v) is 4.20. The molecule has 4 rings (SSSR count). The van der Waals surface area contributed by atoms with E-state index in [1.165, 1.54) is 5.69 Å². The van der Waals surface area contributed by atoms with Gasteiger partial charge in [0.1, 0.15) is 0 Å². The Balaban J connectivity index is 1.69. The summed E-state index contributed by atoms with van der Waals surface area (Å²) >= 11 is 12.3. The molecule has 2 aromatic rings. The van der Waals surface area contributed by atoms with Crippen LogP contribution in [0.15, 0.2) is 18.6 Å². The van der Waals surface area contributed by atoms with Crippen molar-refractivity contribution >= 4 is 23.2 Å². The number of hydrogen-bond acceptors (Lipinski definition) is 4. The van der Waals surface area contributed by atoms with Gasteiger partial charge in [0.15, 0.2) is 0 Å². The lowest BCUT2D eigenvalue weighted by atomic mass is 9.80. The van der Waals surface area contributed by atoms with Gasteiger partial charge in [-0.05, 0) is 18.9 Å². The Morgan fingerprint density at radius 2 is 2.09 bits per heavy atom. The number of nitrogens with one attached hydrogen (secondary N) is 1. The van der Waals surface area contributed by atoms with Crippen LogP contribution in [0.3, 0.4) is 0 Å². The standard InChI is InChI=1S/C16H18Cl2N4O/c17-11-7-12(18)14(19-8-11)9-22-4-1-13-15(21-10-20-13)16(22)2-5-23-6-3-16/h7-8,10H,1-6,9H2,(H,20,21). The molecule has 0 saturated carbocycles. The number of imidazole rings is 1. The van der Waals surface area contributed by atoms with Gasteiger partial charge in [-0.3, -0.25) is 9.88 Å². The van der Waals surface area contributed by atoms with Crippen molar-refractivity contribution in [3.8, 4) is 0 Å². The molecule has 122 valence electrons. The Labute approximate surface area is 145 Å². The van der Waals surface area contributed by atoms with Crippen LogP contribution in [0, 0.1) is 0 Å². The first-order chi connectivity index (χ1) is 11.2. The lowest BCUT2D eigenvalue weighted by molar-refractivity contribution is -0.0455. The second-order valence-corrected chi connectivity index (χ2v) is 6.97. The molecule has 1 spiro atoms. The lowest BCUT2D eigenvalue weighted by Gasteiger charge is -2.48. The SMILES string of the molecule is Clc1cnc(CN2CCc3[nH]cnc3C23CCOCC3)c(Cl)c1. The van der Waals surface area contributed by atoms with Gasteiger partial charge in [-0.25, -0.2) is 4.98 Å². The Kier molecular flexibility index (Phi) is 4.05. The van der Waals surface area contributed by atoms with Gasteiger partial charge in [0.05, 0.1) is 33.3 Å². The summed E-state index contributed by atoms with van der Waals surface area (Å²) in [5.74, 6) is 0. The molecule has 1 saturated heterocycles. The van der Waals surface area contributed by atoms with E-state index in [2.05, 4.69) is 19.9 Å². The quantitative estimate of drug-likeness (QED) is 0.901. The number of aromatic amines is 1. The van der Waals surface area contributed by atoms with Gasteiger partial charge in [-0.2, -0.15) is 0 Å². The molecule has 2 aliphatic heterocycles. The molecule has 0 bridgehead atoms. The summed E-state index contributed by atoms with van der Waals surface area (Å²) in [6.07, 6.45) is 6.30. The van der Waals surface area contributed by atoms with Crippen molar-refractivity contribution in [2.24, 2.45) is 0 Å². The Hall–Kier alpha value is -1.14. The summed E-state index contributed by atoms with van der Waals surface area (Å²) < 4.78 is 5.60. The van der Waals surface area contributed by atoms with Crippen LogP contribution in [0.2, 0.25) is 10.0 Å². The maximum Gasteiger partial charge on any atom is 0.0926 e. The Bertz CT molecular complexity index is 712. The Morgan fingerprint density at radius 3 is 2.87 bits per heavy atom. The molecule has 1 fully saturated rings. The van der Waals surface area contributed by atoms with Gasteiger partial charge in [0, 0.05) is 44.6 Å². The molecule has 1 N–H and O–H groups in total. The average Bonchev–Trinajstić information content (AvgIpc) is 3.03. The van der Waals surface area contributed by atoms with Crippen molar-refractivity contribution in [1.82, 2.24) is 19.9 Å². The van der Waals surface area contributed by atoms with Crippen molar-refractivity contribution in [2.45, 2.75) is 31.3 Å².